The van der Waals surface area contributed by atoms with Crippen LogP contribution in [-0.2, 0) is 4.79 Å². The van der Waals surface area contributed by atoms with E-state index in [9.17, 15) is 4.79 Å². The third-order valence-electron chi connectivity index (χ3n) is 3.83. The standard InChI is InChI=1S/C13H23NO/c1-12(2,3)9-11(15)14-10-7-13(8-10)5-4-6-13/h10H,4-9H2,1-3H3,(H,14,15). The van der Waals surface area contributed by atoms with Crippen LogP contribution in [0.5, 0.6) is 0 Å². The van der Waals surface area contributed by atoms with E-state index in [4.69, 9.17) is 0 Å². The Balaban J connectivity index is 1.68. The molecule has 2 heteroatoms. The van der Waals surface area contributed by atoms with Crippen molar-refractivity contribution in [1.82, 2.24) is 5.32 Å². The molecule has 2 aliphatic carbocycles. The molecule has 2 aliphatic rings. The largest absolute Gasteiger partial charge is 0.353 e. The second kappa shape index (κ2) is 3.50. The fraction of sp³-hybridized carbons (Fsp3) is 0.923. The molecular formula is C13H23NO. The lowest BCUT2D eigenvalue weighted by Gasteiger charge is -2.54. The Hall–Kier alpha value is -0.530. The van der Waals surface area contributed by atoms with Gasteiger partial charge < -0.3 is 5.32 Å². The molecule has 0 radical (unpaired) electrons. The van der Waals surface area contributed by atoms with Gasteiger partial charge in [-0.2, -0.15) is 0 Å². The first-order valence-electron chi connectivity index (χ1n) is 6.18. The molecule has 0 saturated heterocycles. The van der Waals surface area contributed by atoms with Crippen molar-refractivity contribution in [2.75, 3.05) is 0 Å². The molecule has 0 aromatic carbocycles. The van der Waals surface area contributed by atoms with Gasteiger partial charge in [-0.15, -0.1) is 0 Å². The van der Waals surface area contributed by atoms with Gasteiger partial charge in [0.05, 0.1) is 0 Å². The third kappa shape index (κ3) is 2.53. The van der Waals surface area contributed by atoms with Crippen molar-refractivity contribution in [1.29, 1.82) is 0 Å². The lowest BCUT2D eigenvalue weighted by molar-refractivity contribution is -0.126. The zero-order valence-electron chi connectivity index (χ0n) is 10.2. The summed E-state index contributed by atoms with van der Waals surface area (Å²) in [6.45, 7) is 6.34. The molecule has 15 heavy (non-hydrogen) atoms. The van der Waals surface area contributed by atoms with E-state index in [1.807, 2.05) is 0 Å². The fourth-order valence-corrected chi connectivity index (χ4v) is 2.93. The van der Waals surface area contributed by atoms with Crippen molar-refractivity contribution in [3.8, 4) is 0 Å². The van der Waals surface area contributed by atoms with Crippen molar-refractivity contribution < 1.29 is 4.79 Å². The van der Waals surface area contributed by atoms with E-state index >= 15 is 0 Å². The summed E-state index contributed by atoms with van der Waals surface area (Å²) in [4.78, 5) is 11.7. The van der Waals surface area contributed by atoms with E-state index in [1.165, 1.54) is 32.1 Å². The molecule has 1 amide bonds. The van der Waals surface area contributed by atoms with Crippen molar-refractivity contribution in [3.63, 3.8) is 0 Å². The number of nitrogens with one attached hydrogen (secondary N) is 1. The lowest BCUT2D eigenvalue weighted by Crippen LogP contribution is -2.53. The van der Waals surface area contributed by atoms with Gasteiger partial charge in [-0.3, -0.25) is 4.79 Å². The summed E-state index contributed by atoms with van der Waals surface area (Å²) in [5, 5.41) is 3.16. The molecule has 2 rings (SSSR count). The maximum Gasteiger partial charge on any atom is 0.220 e. The normalized spacial score (nSPS) is 24.5. The van der Waals surface area contributed by atoms with Crippen LogP contribution in [0.25, 0.3) is 0 Å². The van der Waals surface area contributed by atoms with Gasteiger partial charge in [0.15, 0.2) is 0 Å². The number of hydrogen-bond acceptors (Lipinski definition) is 1. The highest BCUT2D eigenvalue weighted by Gasteiger charge is 2.48. The number of carbonyl (C=O) groups is 1. The van der Waals surface area contributed by atoms with E-state index in [0.717, 1.165) is 0 Å². The molecule has 0 aromatic heterocycles. The van der Waals surface area contributed by atoms with Crippen molar-refractivity contribution in [2.24, 2.45) is 10.8 Å². The zero-order valence-corrected chi connectivity index (χ0v) is 10.2. The van der Waals surface area contributed by atoms with Gasteiger partial charge in [0.2, 0.25) is 5.91 Å². The van der Waals surface area contributed by atoms with Gasteiger partial charge >= 0.3 is 0 Å². The molecular weight excluding hydrogens is 186 g/mol. The molecule has 1 N–H and O–H groups in total. The summed E-state index contributed by atoms with van der Waals surface area (Å²) in [7, 11) is 0. The molecule has 0 heterocycles. The predicted octanol–water partition coefficient (Wildman–Crippen LogP) is 2.87. The topological polar surface area (TPSA) is 29.1 Å². The summed E-state index contributed by atoms with van der Waals surface area (Å²) in [5.41, 5.74) is 0.779. The Morgan fingerprint density at radius 3 is 2.33 bits per heavy atom. The summed E-state index contributed by atoms with van der Waals surface area (Å²) >= 11 is 0. The Morgan fingerprint density at radius 2 is 1.93 bits per heavy atom. The highest BCUT2D eigenvalue weighted by Crippen LogP contribution is 2.55. The first-order chi connectivity index (χ1) is 6.89. The van der Waals surface area contributed by atoms with Crippen molar-refractivity contribution >= 4 is 5.91 Å². The smallest absolute Gasteiger partial charge is 0.220 e. The molecule has 2 nitrogen and oxygen atoms in total. The van der Waals surface area contributed by atoms with Crippen LogP contribution >= 0.6 is 0 Å². The van der Waals surface area contributed by atoms with Crippen molar-refractivity contribution in [2.45, 2.75) is 65.3 Å². The molecule has 86 valence electrons. The van der Waals surface area contributed by atoms with Gasteiger partial charge in [0, 0.05) is 12.5 Å². The van der Waals surface area contributed by atoms with Crippen LogP contribution in [0.2, 0.25) is 0 Å². The van der Waals surface area contributed by atoms with Gasteiger partial charge in [0.1, 0.15) is 0 Å². The monoisotopic (exact) mass is 209 g/mol. The van der Waals surface area contributed by atoms with Crippen LogP contribution in [-0.4, -0.2) is 11.9 Å². The van der Waals surface area contributed by atoms with Gasteiger partial charge in [0.25, 0.3) is 0 Å². The SMILES string of the molecule is CC(C)(C)CC(=O)NC1CC2(CCC2)C1. The first kappa shape index (κ1) is 11.0. The molecule has 0 bridgehead atoms. The van der Waals surface area contributed by atoms with Crippen LogP contribution in [0.15, 0.2) is 0 Å². The van der Waals surface area contributed by atoms with Crippen LogP contribution in [0, 0.1) is 10.8 Å². The molecule has 0 unspecified atom stereocenters. The Labute approximate surface area is 92.8 Å². The number of carbonyl (C=O) groups excluding carboxylic acids is 1. The quantitative estimate of drug-likeness (QED) is 0.744. The minimum absolute atomic E-state index is 0.113. The summed E-state index contributed by atoms with van der Waals surface area (Å²) in [6, 6.07) is 0.486. The first-order valence-corrected chi connectivity index (χ1v) is 6.18. The van der Waals surface area contributed by atoms with E-state index in [2.05, 4.69) is 26.1 Å². The van der Waals surface area contributed by atoms with Crippen LogP contribution in [0.4, 0.5) is 0 Å². The molecule has 0 aromatic rings. The van der Waals surface area contributed by atoms with Crippen LogP contribution in [0.3, 0.4) is 0 Å². The maximum atomic E-state index is 11.7. The minimum atomic E-state index is 0.113. The Bertz CT molecular complexity index is 252. The molecule has 1 spiro atoms. The predicted molar refractivity (Wildman–Crippen MR) is 61.5 cm³/mol. The molecule has 0 aliphatic heterocycles. The summed E-state index contributed by atoms with van der Waals surface area (Å²) in [6.07, 6.45) is 7.34. The lowest BCUT2D eigenvalue weighted by atomic mass is 9.54. The van der Waals surface area contributed by atoms with E-state index in [0.29, 0.717) is 17.9 Å². The molecule has 2 fully saturated rings. The van der Waals surface area contributed by atoms with E-state index in [-0.39, 0.29) is 11.3 Å². The average molecular weight is 209 g/mol. The van der Waals surface area contributed by atoms with Gasteiger partial charge in [-0.25, -0.2) is 0 Å². The highest BCUT2D eigenvalue weighted by atomic mass is 16.1. The second-order valence-electron chi connectivity index (χ2n) is 6.76. The zero-order chi connectivity index (χ0) is 11.1. The Morgan fingerprint density at radius 1 is 1.33 bits per heavy atom. The molecule has 2 saturated carbocycles. The minimum Gasteiger partial charge on any atom is -0.353 e. The number of rotatable bonds is 2. The van der Waals surface area contributed by atoms with Crippen LogP contribution < -0.4 is 5.32 Å². The van der Waals surface area contributed by atoms with Gasteiger partial charge in [-0.05, 0) is 36.5 Å². The second-order valence-corrected chi connectivity index (χ2v) is 6.76. The number of amides is 1. The van der Waals surface area contributed by atoms with E-state index in [1.54, 1.807) is 0 Å². The fourth-order valence-electron chi connectivity index (χ4n) is 2.93. The number of hydrogen-bond donors (Lipinski definition) is 1. The molecule has 0 atom stereocenters. The van der Waals surface area contributed by atoms with Gasteiger partial charge in [-0.1, -0.05) is 27.2 Å². The summed E-state index contributed by atoms with van der Waals surface area (Å²) < 4.78 is 0. The average Bonchev–Trinajstić information content (AvgIpc) is 1.87. The Kier molecular flexibility index (Phi) is 2.56. The van der Waals surface area contributed by atoms with Crippen molar-refractivity contribution in [3.05, 3.63) is 0 Å². The highest BCUT2D eigenvalue weighted by molar-refractivity contribution is 5.77. The summed E-state index contributed by atoms with van der Waals surface area (Å²) in [5.74, 6) is 0.238. The third-order valence-corrected chi connectivity index (χ3v) is 3.83. The van der Waals surface area contributed by atoms with Crippen LogP contribution in [0.1, 0.15) is 59.3 Å². The maximum absolute atomic E-state index is 11.7. The van der Waals surface area contributed by atoms with E-state index < -0.39 is 0 Å².